The number of urea groups is 1. The van der Waals surface area contributed by atoms with E-state index in [0.29, 0.717) is 13.1 Å². The van der Waals surface area contributed by atoms with Crippen molar-refractivity contribution in [2.75, 3.05) is 18.4 Å². The molecule has 0 atom stereocenters. The normalized spacial score (nSPS) is 14.3. The molecule has 6 heteroatoms. The maximum atomic E-state index is 12.6. The fraction of sp³-hybridized carbons (Fsp3) is 0.286. The Hall–Kier alpha value is -3.15. The number of carbonyl (C=O) groups is 1. The summed E-state index contributed by atoms with van der Waals surface area (Å²) in [7, 11) is 0. The molecule has 27 heavy (non-hydrogen) atoms. The van der Waals surface area contributed by atoms with Crippen LogP contribution < -0.4 is 5.32 Å². The van der Waals surface area contributed by atoms with Gasteiger partial charge in [-0.1, -0.05) is 25.1 Å². The summed E-state index contributed by atoms with van der Waals surface area (Å²) in [5, 5.41) is 4.07. The topological polar surface area (TPSA) is 73.9 Å². The smallest absolute Gasteiger partial charge is 0.322 e. The van der Waals surface area contributed by atoms with Gasteiger partial charge >= 0.3 is 6.03 Å². The maximum Gasteiger partial charge on any atom is 0.322 e. The molecule has 1 aromatic carbocycles. The Morgan fingerprint density at radius 3 is 3.00 bits per heavy atom. The third kappa shape index (κ3) is 3.43. The van der Waals surface area contributed by atoms with Crippen LogP contribution in [0.5, 0.6) is 0 Å². The van der Waals surface area contributed by atoms with Crippen LogP contribution in [0.1, 0.15) is 30.2 Å². The minimum absolute atomic E-state index is 0.0655. The highest BCUT2D eigenvalue weighted by Gasteiger charge is 2.20. The molecule has 0 unspecified atom stereocenters. The van der Waals surface area contributed by atoms with Crippen molar-refractivity contribution in [1.82, 2.24) is 19.9 Å². The van der Waals surface area contributed by atoms with Gasteiger partial charge in [0.2, 0.25) is 0 Å². The van der Waals surface area contributed by atoms with Crippen molar-refractivity contribution in [3.8, 4) is 0 Å². The van der Waals surface area contributed by atoms with Crippen molar-refractivity contribution < 1.29 is 4.79 Å². The minimum Gasteiger partial charge on any atom is -0.346 e. The molecular formula is C21H23N5O. The van der Waals surface area contributed by atoms with Crippen LogP contribution in [-0.2, 0) is 6.42 Å². The number of fused-ring (bicyclic) bond motifs is 1. The number of aromatic amines is 1. The number of carbonyl (C=O) groups excluding carboxylic acids is 1. The molecule has 0 saturated carbocycles. The Morgan fingerprint density at radius 2 is 2.22 bits per heavy atom. The number of nitrogens with one attached hydrogen (secondary N) is 2. The number of aromatic nitrogens is 3. The second-order valence-corrected chi connectivity index (χ2v) is 6.83. The first-order valence-electron chi connectivity index (χ1n) is 9.28. The lowest BCUT2D eigenvalue weighted by atomic mass is 10.0. The number of anilines is 1. The quantitative estimate of drug-likeness (QED) is 0.736. The maximum absolute atomic E-state index is 12.6. The first-order chi connectivity index (χ1) is 13.2. The zero-order valence-electron chi connectivity index (χ0n) is 15.6. The lowest BCUT2D eigenvalue weighted by Gasteiger charge is -2.26. The van der Waals surface area contributed by atoms with Gasteiger partial charge in [-0.15, -0.1) is 0 Å². The van der Waals surface area contributed by atoms with Gasteiger partial charge in [0.05, 0.1) is 5.69 Å². The van der Waals surface area contributed by atoms with E-state index >= 15 is 0 Å². The van der Waals surface area contributed by atoms with Gasteiger partial charge < -0.3 is 15.2 Å². The van der Waals surface area contributed by atoms with Crippen LogP contribution in [0.15, 0.2) is 42.9 Å². The monoisotopic (exact) mass is 361 g/mol. The van der Waals surface area contributed by atoms with Gasteiger partial charge in [0, 0.05) is 30.4 Å². The van der Waals surface area contributed by atoms with E-state index in [2.05, 4.69) is 46.3 Å². The number of aryl methyl sites for hydroxylation is 2. The highest BCUT2D eigenvalue weighted by atomic mass is 16.2. The molecule has 138 valence electrons. The van der Waals surface area contributed by atoms with Crippen molar-refractivity contribution >= 4 is 28.3 Å². The molecule has 2 aromatic heterocycles. The van der Waals surface area contributed by atoms with E-state index in [-0.39, 0.29) is 6.03 Å². The molecule has 1 aliphatic heterocycles. The Labute approximate surface area is 158 Å². The average Bonchev–Trinajstić information content (AvgIpc) is 3.09. The standard InChI is InChI=1S/C21H23N5O/c1-3-15-5-4-6-17(11-15)25-21(27)26-9-7-16(8-10-26)19-18-14(2)12-22-20(18)24-13-23-19/h4-7,11-13H,3,8-10H2,1-2H3,(H,25,27)(H,22,23,24). The summed E-state index contributed by atoms with van der Waals surface area (Å²) in [5.41, 5.74) is 6.18. The molecular weight excluding hydrogens is 338 g/mol. The van der Waals surface area contributed by atoms with Crippen molar-refractivity contribution in [2.45, 2.75) is 26.7 Å². The largest absolute Gasteiger partial charge is 0.346 e. The van der Waals surface area contributed by atoms with Crippen LogP contribution in [0, 0.1) is 6.92 Å². The number of amides is 2. The van der Waals surface area contributed by atoms with Gasteiger partial charge in [-0.3, -0.25) is 0 Å². The zero-order chi connectivity index (χ0) is 18.8. The fourth-order valence-corrected chi connectivity index (χ4v) is 3.50. The second-order valence-electron chi connectivity index (χ2n) is 6.83. The first kappa shape index (κ1) is 17.3. The van der Waals surface area contributed by atoms with E-state index in [9.17, 15) is 4.79 Å². The molecule has 6 nitrogen and oxygen atoms in total. The number of rotatable bonds is 3. The van der Waals surface area contributed by atoms with Crippen LogP contribution in [0.3, 0.4) is 0 Å². The van der Waals surface area contributed by atoms with E-state index in [0.717, 1.165) is 40.8 Å². The lowest BCUT2D eigenvalue weighted by Crippen LogP contribution is -2.38. The molecule has 0 fully saturated rings. The van der Waals surface area contributed by atoms with Gasteiger partial charge in [-0.05, 0) is 48.6 Å². The molecule has 0 radical (unpaired) electrons. The van der Waals surface area contributed by atoms with Crippen molar-refractivity contribution in [1.29, 1.82) is 0 Å². The van der Waals surface area contributed by atoms with Crippen LogP contribution in [-0.4, -0.2) is 39.0 Å². The fourth-order valence-electron chi connectivity index (χ4n) is 3.50. The number of hydrogen-bond donors (Lipinski definition) is 2. The van der Waals surface area contributed by atoms with E-state index in [1.54, 1.807) is 6.33 Å². The summed E-state index contributed by atoms with van der Waals surface area (Å²) < 4.78 is 0. The van der Waals surface area contributed by atoms with E-state index in [1.807, 2.05) is 29.3 Å². The average molecular weight is 361 g/mol. The van der Waals surface area contributed by atoms with Crippen LogP contribution >= 0.6 is 0 Å². The molecule has 4 rings (SSSR count). The Bertz CT molecular complexity index is 1020. The lowest BCUT2D eigenvalue weighted by molar-refractivity contribution is 0.217. The van der Waals surface area contributed by atoms with Gasteiger partial charge in [0.25, 0.3) is 0 Å². The van der Waals surface area contributed by atoms with E-state index in [1.165, 1.54) is 11.1 Å². The molecule has 2 amide bonds. The van der Waals surface area contributed by atoms with Crippen molar-refractivity contribution in [3.05, 3.63) is 59.7 Å². The Balaban J connectivity index is 1.49. The minimum atomic E-state index is -0.0655. The SMILES string of the molecule is CCc1cccc(NC(=O)N2CC=C(c3ncnc4[nH]cc(C)c34)CC2)c1. The number of hydrogen-bond acceptors (Lipinski definition) is 3. The summed E-state index contributed by atoms with van der Waals surface area (Å²) in [6.45, 7) is 5.40. The number of benzene rings is 1. The molecule has 0 bridgehead atoms. The Morgan fingerprint density at radius 1 is 1.33 bits per heavy atom. The Kier molecular flexibility index (Phi) is 4.62. The highest BCUT2D eigenvalue weighted by molar-refractivity contribution is 5.92. The molecule has 0 aliphatic carbocycles. The number of nitrogens with zero attached hydrogens (tertiary/aromatic N) is 3. The molecule has 2 N–H and O–H groups in total. The van der Waals surface area contributed by atoms with Gasteiger partial charge in [0.15, 0.2) is 0 Å². The predicted octanol–water partition coefficient (Wildman–Crippen LogP) is 4.15. The molecule has 1 aliphatic rings. The van der Waals surface area contributed by atoms with Crippen LogP contribution in [0.2, 0.25) is 0 Å². The summed E-state index contributed by atoms with van der Waals surface area (Å²) in [4.78, 5) is 26.4. The second kappa shape index (κ2) is 7.23. The van der Waals surface area contributed by atoms with Gasteiger partial charge in [0.1, 0.15) is 12.0 Å². The molecule has 3 heterocycles. The molecule has 0 saturated heterocycles. The van der Waals surface area contributed by atoms with Crippen LogP contribution in [0.25, 0.3) is 16.6 Å². The predicted molar refractivity (Wildman–Crippen MR) is 108 cm³/mol. The van der Waals surface area contributed by atoms with Gasteiger partial charge in [-0.25, -0.2) is 14.8 Å². The third-order valence-corrected chi connectivity index (χ3v) is 5.05. The summed E-state index contributed by atoms with van der Waals surface area (Å²) in [6, 6.07) is 7.92. The summed E-state index contributed by atoms with van der Waals surface area (Å²) in [6.07, 6.45) is 7.37. The van der Waals surface area contributed by atoms with E-state index in [4.69, 9.17) is 0 Å². The molecule has 3 aromatic rings. The van der Waals surface area contributed by atoms with Crippen LogP contribution in [0.4, 0.5) is 10.5 Å². The molecule has 0 spiro atoms. The van der Waals surface area contributed by atoms with Gasteiger partial charge in [-0.2, -0.15) is 0 Å². The van der Waals surface area contributed by atoms with Crippen molar-refractivity contribution in [2.24, 2.45) is 0 Å². The summed E-state index contributed by atoms with van der Waals surface area (Å²) in [5.74, 6) is 0. The number of H-pyrrole nitrogens is 1. The first-order valence-corrected chi connectivity index (χ1v) is 9.28. The van der Waals surface area contributed by atoms with Crippen molar-refractivity contribution in [3.63, 3.8) is 0 Å². The zero-order valence-corrected chi connectivity index (χ0v) is 15.6. The van der Waals surface area contributed by atoms with E-state index < -0.39 is 0 Å². The third-order valence-electron chi connectivity index (χ3n) is 5.05. The summed E-state index contributed by atoms with van der Waals surface area (Å²) >= 11 is 0. The highest BCUT2D eigenvalue weighted by Crippen LogP contribution is 2.28.